The van der Waals surface area contributed by atoms with Crippen molar-refractivity contribution in [2.45, 2.75) is 25.3 Å². The van der Waals surface area contributed by atoms with Crippen LogP contribution < -0.4 is 10.6 Å². The molecule has 1 saturated heterocycles. The number of benzene rings is 1. The number of anilines is 1. The van der Waals surface area contributed by atoms with Gasteiger partial charge in [0.1, 0.15) is 0 Å². The molecule has 1 atom stereocenters. The first kappa shape index (κ1) is 13.4. The highest BCUT2D eigenvalue weighted by Gasteiger charge is 2.25. The van der Waals surface area contributed by atoms with Crippen molar-refractivity contribution in [2.75, 3.05) is 38.1 Å². The van der Waals surface area contributed by atoms with Gasteiger partial charge in [0, 0.05) is 42.4 Å². The molecule has 0 amide bonds. The zero-order valence-electron chi connectivity index (χ0n) is 11.5. The predicted octanol–water partition coefficient (Wildman–Crippen LogP) is 2.54. The quantitative estimate of drug-likeness (QED) is 0.862. The monoisotopic (exact) mass is 323 g/mol. The van der Waals surface area contributed by atoms with E-state index in [-0.39, 0.29) is 6.04 Å². The Morgan fingerprint density at radius 1 is 1.21 bits per heavy atom. The van der Waals surface area contributed by atoms with Crippen LogP contribution in [-0.2, 0) is 6.42 Å². The Balaban J connectivity index is 1.97. The molecular weight excluding hydrogens is 302 g/mol. The van der Waals surface area contributed by atoms with E-state index in [4.69, 9.17) is 5.73 Å². The standard InChI is InChI=1S/C15H22BrN3/c1-18-7-9-19(10-8-18)14-6-5-12(16)11-3-2-4-13(17)15(11)14/h5-6,13H,2-4,7-10,17H2,1H3. The predicted molar refractivity (Wildman–Crippen MR) is 83.7 cm³/mol. The Morgan fingerprint density at radius 2 is 1.95 bits per heavy atom. The topological polar surface area (TPSA) is 32.5 Å². The fraction of sp³-hybridized carbons (Fsp3) is 0.600. The highest BCUT2D eigenvalue weighted by molar-refractivity contribution is 9.10. The fourth-order valence-electron chi connectivity index (χ4n) is 3.26. The van der Waals surface area contributed by atoms with E-state index in [0.29, 0.717) is 0 Å². The second-order valence-corrected chi connectivity index (χ2v) is 6.60. The molecule has 0 saturated carbocycles. The van der Waals surface area contributed by atoms with Crippen LogP contribution in [0.4, 0.5) is 5.69 Å². The zero-order valence-corrected chi connectivity index (χ0v) is 13.1. The molecular formula is C15H22BrN3. The van der Waals surface area contributed by atoms with Gasteiger partial charge in [0.25, 0.3) is 0 Å². The molecule has 1 aromatic rings. The summed E-state index contributed by atoms with van der Waals surface area (Å²) >= 11 is 3.69. The lowest BCUT2D eigenvalue weighted by Crippen LogP contribution is -2.45. The maximum Gasteiger partial charge on any atom is 0.0419 e. The second kappa shape index (κ2) is 5.43. The van der Waals surface area contributed by atoms with Gasteiger partial charge in [-0.25, -0.2) is 0 Å². The summed E-state index contributed by atoms with van der Waals surface area (Å²) in [5, 5.41) is 0. The summed E-state index contributed by atoms with van der Waals surface area (Å²) in [4.78, 5) is 4.90. The van der Waals surface area contributed by atoms with Crippen LogP contribution in [0.3, 0.4) is 0 Å². The second-order valence-electron chi connectivity index (χ2n) is 5.75. The van der Waals surface area contributed by atoms with Gasteiger partial charge in [0.2, 0.25) is 0 Å². The van der Waals surface area contributed by atoms with Gasteiger partial charge in [-0.05, 0) is 49.6 Å². The first-order chi connectivity index (χ1) is 9.16. The van der Waals surface area contributed by atoms with E-state index in [9.17, 15) is 0 Å². The summed E-state index contributed by atoms with van der Waals surface area (Å²) < 4.78 is 1.23. The molecule has 0 bridgehead atoms. The first-order valence-electron chi connectivity index (χ1n) is 7.17. The van der Waals surface area contributed by atoms with E-state index >= 15 is 0 Å². The van der Waals surface area contributed by atoms with Gasteiger partial charge in [-0.3, -0.25) is 0 Å². The van der Waals surface area contributed by atoms with Gasteiger partial charge in [-0.15, -0.1) is 0 Å². The number of nitrogens with zero attached hydrogens (tertiary/aromatic N) is 2. The molecule has 0 spiro atoms. The van der Waals surface area contributed by atoms with E-state index in [1.54, 1.807) is 0 Å². The van der Waals surface area contributed by atoms with Crippen LogP contribution >= 0.6 is 15.9 Å². The van der Waals surface area contributed by atoms with Crippen molar-refractivity contribution in [1.82, 2.24) is 4.90 Å². The molecule has 1 fully saturated rings. The van der Waals surface area contributed by atoms with Gasteiger partial charge >= 0.3 is 0 Å². The van der Waals surface area contributed by atoms with Crippen molar-refractivity contribution in [1.29, 1.82) is 0 Å². The average molecular weight is 324 g/mol. The number of fused-ring (bicyclic) bond motifs is 1. The Labute approximate surface area is 123 Å². The highest BCUT2D eigenvalue weighted by Crippen LogP contribution is 2.39. The number of likely N-dealkylation sites (N-methyl/N-ethyl adjacent to an activating group) is 1. The van der Waals surface area contributed by atoms with E-state index in [1.807, 2.05) is 0 Å². The molecule has 1 unspecified atom stereocenters. The molecule has 4 heteroatoms. The highest BCUT2D eigenvalue weighted by atomic mass is 79.9. The molecule has 3 nitrogen and oxygen atoms in total. The Kier molecular flexibility index (Phi) is 3.83. The number of hydrogen-bond donors (Lipinski definition) is 1. The molecule has 0 aromatic heterocycles. The molecule has 1 aliphatic carbocycles. The third kappa shape index (κ3) is 2.54. The third-order valence-corrected chi connectivity index (χ3v) is 5.18. The minimum Gasteiger partial charge on any atom is -0.369 e. The van der Waals surface area contributed by atoms with Crippen LogP contribution in [0.25, 0.3) is 0 Å². The number of rotatable bonds is 1. The Hall–Kier alpha value is -0.580. The lowest BCUT2D eigenvalue weighted by molar-refractivity contribution is 0.312. The molecule has 1 aromatic carbocycles. The van der Waals surface area contributed by atoms with Crippen LogP contribution in [0, 0.1) is 0 Å². The van der Waals surface area contributed by atoms with E-state index in [1.165, 1.54) is 27.7 Å². The Morgan fingerprint density at radius 3 is 2.68 bits per heavy atom. The zero-order chi connectivity index (χ0) is 13.4. The fourth-order valence-corrected chi connectivity index (χ4v) is 3.80. The molecule has 19 heavy (non-hydrogen) atoms. The lowest BCUT2D eigenvalue weighted by atomic mass is 9.86. The van der Waals surface area contributed by atoms with Crippen LogP contribution in [0.15, 0.2) is 16.6 Å². The molecule has 2 aliphatic rings. The van der Waals surface area contributed by atoms with Gasteiger partial charge in [-0.1, -0.05) is 15.9 Å². The summed E-state index contributed by atoms with van der Waals surface area (Å²) in [6.07, 6.45) is 3.48. The van der Waals surface area contributed by atoms with Gasteiger partial charge in [0.15, 0.2) is 0 Å². The summed E-state index contributed by atoms with van der Waals surface area (Å²) in [6.45, 7) is 4.49. The van der Waals surface area contributed by atoms with Crippen molar-refractivity contribution in [3.63, 3.8) is 0 Å². The molecule has 2 N–H and O–H groups in total. The maximum absolute atomic E-state index is 6.39. The van der Waals surface area contributed by atoms with Gasteiger partial charge < -0.3 is 15.5 Å². The number of hydrogen-bond acceptors (Lipinski definition) is 3. The average Bonchev–Trinajstić information content (AvgIpc) is 2.41. The van der Waals surface area contributed by atoms with Crippen LogP contribution in [0.2, 0.25) is 0 Å². The van der Waals surface area contributed by atoms with Crippen LogP contribution in [-0.4, -0.2) is 38.1 Å². The first-order valence-corrected chi connectivity index (χ1v) is 7.96. The largest absolute Gasteiger partial charge is 0.369 e. The van der Waals surface area contributed by atoms with Gasteiger partial charge in [-0.2, -0.15) is 0 Å². The normalized spacial score (nSPS) is 24.4. The minimum absolute atomic E-state index is 0.205. The van der Waals surface area contributed by atoms with E-state index in [0.717, 1.165) is 39.0 Å². The summed E-state index contributed by atoms with van der Waals surface area (Å²) in [7, 11) is 2.19. The van der Waals surface area contributed by atoms with Crippen molar-refractivity contribution < 1.29 is 0 Å². The smallest absolute Gasteiger partial charge is 0.0419 e. The van der Waals surface area contributed by atoms with Gasteiger partial charge in [0.05, 0.1) is 0 Å². The number of nitrogens with two attached hydrogens (primary N) is 1. The molecule has 0 radical (unpaired) electrons. The van der Waals surface area contributed by atoms with Crippen molar-refractivity contribution >= 4 is 21.6 Å². The molecule has 1 heterocycles. The van der Waals surface area contributed by atoms with Crippen LogP contribution in [0.1, 0.15) is 30.0 Å². The third-order valence-electron chi connectivity index (χ3n) is 4.43. The number of halogens is 1. The SMILES string of the molecule is CN1CCN(c2ccc(Br)c3c2C(N)CCC3)CC1. The van der Waals surface area contributed by atoms with Crippen LogP contribution in [0.5, 0.6) is 0 Å². The van der Waals surface area contributed by atoms with E-state index in [2.05, 4.69) is 44.9 Å². The number of piperazine rings is 1. The van der Waals surface area contributed by atoms with E-state index < -0.39 is 0 Å². The molecule has 104 valence electrons. The summed E-state index contributed by atoms with van der Waals surface area (Å²) in [5.41, 5.74) is 10.6. The maximum atomic E-state index is 6.39. The lowest BCUT2D eigenvalue weighted by Gasteiger charge is -2.37. The van der Waals surface area contributed by atoms with Crippen molar-refractivity contribution in [3.05, 3.63) is 27.7 Å². The molecule has 3 rings (SSSR count). The summed E-state index contributed by atoms with van der Waals surface area (Å²) in [6, 6.07) is 4.65. The summed E-state index contributed by atoms with van der Waals surface area (Å²) in [5.74, 6) is 0. The Bertz CT molecular complexity index is 467. The van der Waals surface area contributed by atoms with Crippen molar-refractivity contribution in [2.24, 2.45) is 5.73 Å². The minimum atomic E-state index is 0.205. The molecule has 1 aliphatic heterocycles. The van der Waals surface area contributed by atoms with Crippen molar-refractivity contribution in [3.8, 4) is 0 Å².